The van der Waals surface area contributed by atoms with Gasteiger partial charge in [-0.1, -0.05) is 66.2 Å². The molecule has 168 valence electrons. The molecular weight excluding hydrogens is 408 g/mol. The fourth-order valence-corrected chi connectivity index (χ4v) is 4.80. The average molecular weight is 447 g/mol. The van der Waals surface area contributed by atoms with E-state index in [4.69, 9.17) is 19.8 Å². The second-order valence-corrected chi connectivity index (χ2v) is 11.2. The molecule has 0 saturated heterocycles. The van der Waals surface area contributed by atoms with E-state index in [1.165, 1.54) is 56.5 Å². The van der Waals surface area contributed by atoms with Gasteiger partial charge >= 0.3 is 11.9 Å². The largest absolute Gasteiger partial charge is 0.473 e. The highest BCUT2D eigenvalue weighted by molar-refractivity contribution is 8.04. The third kappa shape index (κ3) is 18.6. The minimum absolute atomic E-state index is 0.354. The summed E-state index contributed by atoms with van der Waals surface area (Å²) in [6.45, 7) is 10.3. The van der Waals surface area contributed by atoms with Gasteiger partial charge < -0.3 is 14.8 Å². The van der Waals surface area contributed by atoms with Crippen molar-refractivity contribution in [1.82, 2.24) is 9.55 Å². The van der Waals surface area contributed by atoms with Gasteiger partial charge in [-0.15, -0.1) is 0 Å². The highest BCUT2D eigenvalue weighted by Gasteiger charge is 2.16. The highest BCUT2D eigenvalue weighted by Crippen LogP contribution is 2.28. The standard InChI is InChI=1S/C19H36N2S2.C2H2O4/c1-5-6-7-8-9-10-11-14-22-18(16-23-19(2,3)4)15-21-13-12-20-17-21;3-1(4)2(5)6/h12-13,17-18H,5-11,14-16H2,1-4H3;(H,3,4)(H,5,6). The number of hydrogen-bond acceptors (Lipinski definition) is 5. The molecule has 0 spiro atoms. The van der Waals surface area contributed by atoms with Crippen molar-refractivity contribution in [3.05, 3.63) is 18.7 Å². The zero-order chi connectivity index (χ0) is 22.1. The van der Waals surface area contributed by atoms with E-state index in [1.54, 1.807) is 0 Å². The zero-order valence-corrected chi connectivity index (χ0v) is 19.9. The summed E-state index contributed by atoms with van der Waals surface area (Å²) in [6.07, 6.45) is 15.7. The van der Waals surface area contributed by atoms with Gasteiger partial charge in [-0.05, 0) is 12.2 Å². The first-order chi connectivity index (χ1) is 13.7. The third-order valence-corrected chi connectivity index (χ3v) is 6.92. The predicted molar refractivity (Wildman–Crippen MR) is 124 cm³/mol. The number of rotatable bonds is 13. The summed E-state index contributed by atoms with van der Waals surface area (Å²) in [5, 5.41) is 15.5. The number of aromatic nitrogens is 2. The maximum Gasteiger partial charge on any atom is 0.414 e. The number of aliphatic carboxylic acids is 2. The van der Waals surface area contributed by atoms with Gasteiger partial charge in [0, 0.05) is 34.7 Å². The molecule has 8 heteroatoms. The first kappa shape index (κ1) is 27.8. The molecule has 0 aromatic carbocycles. The van der Waals surface area contributed by atoms with Gasteiger partial charge in [-0.3, -0.25) is 0 Å². The zero-order valence-electron chi connectivity index (χ0n) is 18.3. The van der Waals surface area contributed by atoms with E-state index in [9.17, 15) is 0 Å². The number of imidazole rings is 1. The second-order valence-electron chi connectivity index (χ2n) is 7.91. The number of nitrogens with zero attached hydrogens (tertiary/aromatic N) is 2. The lowest BCUT2D eigenvalue weighted by molar-refractivity contribution is -0.159. The van der Waals surface area contributed by atoms with Crippen molar-refractivity contribution in [2.75, 3.05) is 11.5 Å². The molecule has 0 aliphatic carbocycles. The summed E-state index contributed by atoms with van der Waals surface area (Å²) in [4.78, 5) is 22.4. The quantitative estimate of drug-likeness (QED) is 0.308. The van der Waals surface area contributed by atoms with Crippen molar-refractivity contribution >= 4 is 35.5 Å². The molecule has 6 nitrogen and oxygen atoms in total. The Morgan fingerprint density at radius 2 is 1.62 bits per heavy atom. The third-order valence-electron chi connectivity index (χ3n) is 3.96. The Labute approximate surface area is 184 Å². The van der Waals surface area contributed by atoms with Crippen molar-refractivity contribution in [1.29, 1.82) is 0 Å². The molecule has 1 atom stereocenters. The van der Waals surface area contributed by atoms with Gasteiger partial charge in [-0.25, -0.2) is 14.6 Å². The van der Waals surface area contributed by atoms with Crippen molar-refractivity contribution in [2.45, 2.75) is 89.2 Å². The van der Waals surface area contributed by atoms with Crippen LogP contribution in [0.2, 0.25) is 0 Å². The smallest absolute Gasteiger partial charge is 0.414 e. The van der Waals surface area contributed by atoms with Crippen LogP contribution in [0.1, 0.15) is 72.6 Å². The molecule has 0 bridgehead atoms. The minimum Gasteiger partial charge on any atom is -0.473 e. The molecular formula is C21H38N2O4S2. The van der Waals surface area contributed by atoms with E-state index in [-0.39, 0.29) is 0 Å². The van der Waals surface area contributed by atoms with Gasteiger partial charge in [0.1, 0.15) is 0 Å². The number of carboxylic acid groups (broad SMARTS) is 2. The molecule has 1 unspecified atom stereocenters. The van der Waals surface area contributed by atoms with Crippen LogP contribution in [-0.4, -0.2) is 53.2 Å². The lowest BCUT2D eigenvalue weighted by atomic mass is 10.1. The van der Waals surface area contributed by atoms with Crippen molar-refractivity contribution < 1.29 is 19.8 Å². The lowest BCUT2D eigenvalue weighted by Gasteiger charge is -2.23. The van der Waals surface area contributed by atoms with Crippen LogP contribution in [0.4, 0.5) is 0 Å². The Morgan fingerprint density at radius 1 is 1.03 bits per heavy atom. The summed E-state index contributed by atoms with van der Waals surface area (Å²) in [7, 11) is 0. The van der Waals surface area contributed by atoms with Crippen LogP contribution in [0.5, 0.6) is 0 Å². The fourth-order valence-electron chi connectivity index (χ4n) is 2.44. The maximum atomic E-state index is 9.10. The number of thioether (sulfide) groups is 2. The lowest BCUT2D eigenvalue weighted by Crippen LogP contribution is -2.19. The van der Waals surface area contributed by atoms with Gasteiger partial charge in [0.15, 0.2) is 0 Å². The normalized spacial score (nSPS) is 12.1. The summed E-state index contributed by atoms with van der Waals surface area (Å²) in [6, 6.07) is 0. The van der Waals surface area contributed by atoms with Crippen LogP contribution in [-0.2, 0) is 16.1 Å². The van der Waals surface area contributed by atoms with Crippen LogP contribution in [0.3, 0.4) is 0 Å². The number of carboxylic acids is 2. The van der Waals surface area contributed by atoms with E-state index < -0.39 is 11.9 Å². The molecule has 1 aromatic rings. The fraction of sp³-hybridized carbons (Fsp3) is 0.762. The molecule has 0 aliphatic heterocycles. The maximum absolute atomic E-state index is 9.10. The molecule has 0 radical (unpaired) electrons. The molecule has 29 heavy (non-hydrogen) atoms. The molecule has 2 N–H and O–H groups in total. The van der Waals surface area contributed by atoms with Crippen LogP contribution in [0, 0.1) is 0 Å². The number of hydrogen-bond donors (Lipinski definition) is 2. The van der Waals surface area contributed by atoms with Crippen molar-refractivity contribution in [2.24, 2.45) is 0 Å². The monoisotopic (exact) mass is 446 g/mol. The van der Waals surface area contributed by atoms with E-state index in [2.05, 4.69) is 67.0 Å². The Hall–Kier alpha value is -1.15. The van der Waals surface area contributed by atoms with E-state index >= 15 is 0 Å². The predicted octanol–water partition coefficient (Wildman–Crippen LogP) is 5.42. The van der Waals surface area contributed by atoms with Crippen molar-refractivity contribution in [3.63, 3.8) is 0 Å². The Morgan fingerprint density at radius 3 is 2.10 bits per heavy atom. The Kier molecular flexibility index (Phi) is 16.0. The molecule has 0 saturated carbocycles. The molecule has 1 aromatic heterocycles. The second kappa shape index (κ2) is 16.6. The Bertz CT molecular complexity index is 533. The van der Waals surface area contributed by atoms with Crippen LogP contribution in [0.25, 0.3) is 0 Å². The topological polar surface area (TPSA) is 92.4 Å². The average Bonchev–Trinajstić information content (AvgIpc) is 3.14. The Balaban J connectivity index is 0.00000113. The summed E-state index contributed by atoms with van der Waals surface area (Å²) in [5.41, 5.74) is 0. The highest BCUT2D eigenvalue weighted by atomic mass is 32.2. The van der Waals surface area contributed by atoms with Crippen LogP contribution in [0.15, 0.2) is 18.7 Å². The molecule has 1 rings (SSSR count). The van der Waals surface area contributed by atoms with Gasteiger partial charge in [-0.2, -0.15) is 23.5 Å². The first-order valence-corrected chi connectivity index (χ1v) is 12.4. The summed E-state index contributed by atoms with van der Waals surface area (Å²) in [5.74, 6) is -1.12. The van der Waals surface area contributed by atoms with E-state index in [0.29, 0.717) is 10.00 Å². The number of carbonyl (C=O) groups is 2. The van der Waals surface area contributed by atoms with E-state index in [1.807, 2.05) is 12.5 Å². The molecule has 1 heterocycles. The van der Waals surface area contributed by atoms with E-state index in [0.717, 1.165) is 6.54 Å². The first-order valence-electron chi connectivity index (χ1n) is 10.3. The van der Waals surface area contributed by atoms with Gasteiger partial charge in [0.05, 0.1) is 6.33 Å². The number of unbranched alkanes of at least 4 members (excludes halogenated alkanes) is 6. The van der Waals surface area contributed by atoms with Gasteiger partial charge in [0.2, 0.25) is 0 Å². The SMILES string of the molecule is CCCCCCCCCSC(CSC(C)(C)C)Cn1ccnc1.O=C(O)C(=O)O. The molecule has 0 aliphatic rings. The molecule has 0 fully saturated rings. The van der Waals surface area contributed by atoms with Crippen LogP contribution < -0.4 is 0 Å². The minimum atomic E-state index is -1.82. The van der Waals surface area contributed by atoms with Gasteiger partial charge in [0.25, 0.3) is 0 Å². The summed E-state index contributed by atoms with van der Waals surface area (Å²) < 4.78 is 2.58. The summed E-state index contributed by atoms with van der Waals surface area (Å²) >= 11 is 4.25. The molecule has 0 amide bonds. The van der Waals surface area contributed by atoms with Crippen LogP contribution >= 0.6 is 23.5 Å². The van der Waals surface area contributed by atoms with Crippen molar-refractivity contribution in [3.8, 4) is 0 Å².